The normalized spacial score (nSPS) is 14.7. The van der Waals surface area contributed by atoms with Gasteiger partial charge in [-0.25, -0.2) is 9.37 Å². The highest BCUT2D eigenvalue weighted by atomic mass is 19.4. The Hall–Kier alpha value is -2.94. The number of benzene rings is 1. The lowest BCUT2D eigenvalue weighted by Gasteiger charge is -2.16. The third-order valence-corrected chi connectivity index (χ3v) is 4.10. The molecular formula is C19H17F4N3O2. The summed E-state index contributed by atoms with van der Waals surface area (Å²) in [6, 6.07) is 7.63. The van der Waals surface area contributed by atoms with Crippen LogP contribution in [0.2, 0.25) is 0 Å². The molecule has 1 aromatic heterocycles. The summed E-state index contributed by atoms with van der Waals surface area (Å²) in [5, 5.41) is 5.42. The summed E-state index contributed by atoms with van der Waals surface area (Å²) in [4.78, 5) is 16.2. The second-order valence-electron chi connectivity index (χ2n) is 6.09. The van der Waals surface area contributed by atoms with Gasteiger partial charge in [-0.15, -0.1) is 0 Å². The monoisotopic (exact) mass is 395 g/mol. The minimum atomic E-state index is -4.49. The fraction of sp³-hybridized carbons (Fsp3) is 0.263. The number of ether oxygens (including phenoxy) is 1. The summed E-state index contributed by atoms with van der Waals surface area (Å²) >= 11 is 0. The molecule has 2 N–H and O–H groups in total. The Morgan fingerprint density at radius 1 is 1.25 bits per heavy atom. The van der Waals surface area contributed by atoms with Gasteiger partial charge in [0.05, 0.1) is 11.1 Å². The Morgan fingerprint density at radius 2 is 2.07 bits per heavy atom. The van der Waals surface area contributed by atoms with Crippen LogP contribution >= 0.6 is 0 Å². The van der Waals surface area contributed by atoms with Gasteiger partial charge in [-0.2, -0.15) is 13.2 Å². The number of alkyl halides is 3. The second kappa shape index (κ2) is 8.39. The first-order valence-corrected chi connectivity index (χ1v) is 8.50. The average Bonchev–Trinajstić information content (AvgIpc) is 2.67. The first-order chi connectivity index (χ1) is 13.3. The van der Waals surface area contributed by atoms with E-state index in [1.165, 1.54) is 18.3 Å². The molecule has 1 aliphatic rings. The molecule has 3 rings (SSSR count). The highest BCUT2D eigenvalue weighted by Crippen LogP contribution is 2.32. The molecule has 1 aliphatic heterocycles. The molecule has 0 saturated carbocycles. The van der Waals surface area contributed by atoms with Crippen LogP contribution in [0.5, 0.6) is 11.6 Å². The number of nitrogens with zero attached hydrogens (tertiary/aromatic N) is 1. The minimum Gasteiger partial charge on any atom is -0.439 e. The SMILES string of the molecule is O=C(NCc1cccnc1Oc1cccc(C(F)(F)F)c1)C1=C(F)CNCC1. The molecule has 0 aliphatic carbocycles. The van der Waals surface area contributed by atoms with Crippen LogP contribution in [0.3, 0.4) is 0 Å². The van der Waals surface area contributed by atoms with E-state index in [1.807, 2.05) is 0 Å². The van der Waals surface area contributed by atoms with Crippen molar-refractivity contribution in [3.05, 3.63) is 65.1 Å². The lowest BCUT2D eigenvalue weighted by molar-refractivity contribution is -0.137. The van der Waals surface area contributed by atoms with E-state index in [0.29, 0.717) is 12.1 Å². The second-order valence-corrected chi connectivity index (χ2v) is 6.09. The number of amides is 1. The Kier molecular flexibility index (Phi) is 5.93. The van der Waals surface area contributed by atoms with Crippen LogP contribution in [0.15, 0.2) is 54.0 Å². The third kappa shape index (κ3) is 4.86. The highest BCUT2D eigenvalue weighted by Gasteiger charge is 2.30. The van der Waals surface area contributed by atoms with Crippen molar-refractivity contribution in [1.82, 2.24) is 15.6 Å². The Bertz CT molecular complexity index is 897. The van der Waals surface area contributed by atoms with E-state index in [4.69, 9.17) is 4.74 Å². The molecule has 1 aromatic carbocycles. The van der Waals surface area contributed by atoms with Crippen LogP contribution in [-0.4, -0.2) is 24.0 Å². The molecule has 2 aromatic rings. The smallest absolute Gasteiger partial charge is 0.416 e. The molecule has 0 radical (unpaired) electrons. The first-order valence-electron chi connectivity index (χ1n) is 8.50. The van der Waals surface area contributed by atoms with Gasteiger partial charge >= 0.3 is 6.18 Å². The lowest BCUT2D eigenvalue weighted by Crippen LogP contribution is -2.32. The van der Waals surface area contributed by atoms with Gasteiger partial charge in [0.1, 0.15) is 11.6 Å². The summed E-state index contributed by atoms with van der Waals surface area (Å²) in [5.41, 5.74) is -0.310. The molecule has 2 heterocycles. The van der Waals surface area contributed by atoms with E-state index in [1.54, 1.807) is 12.1 Å². The standard InChI is InChI=1S/C19H17F4N3O2/c20-16-11-24-8-6-15(16)17(27)26-10-12-3-2-7-25-18(12)28-14-5-1-4-13(9-14)19(21,22)23/h1-5,7,9,24H,6,8,10-11H2,(H,26,27). The predicted octanol–water partition coefficient (Wildman–Crippen LogP) is 3.73. The summed E-state index contributed by atoms with van der Waals surface area (Å²) in [5.74, 6) is -1.02. The van der Waals surface area contributed by atoms with Crippen LogP contribution < -0.4 is 15.4 Å². The van der Waals surface area contributed by atoms with E-state index in [-0.39, 0.29) is 36.7 Å². The Morgan fingerprint density at radius 3 is 2.82 bits per heavy atom. The molecule has 1 amide bonds. The largest absolute Gasteiger partial charge is 0.439 e. The fourth-order valence-corrected chi connectivity index (χ4v) is 2.67. The van der Waals surface area contributed by atoms with Gasteiger partial charge in [0, 0.05) is 24.8 Å². The van der Waals surface area contributed by atoms with E-state index in [9.17, 15) is 22.4 Å². The van der Waals surface area contributed by atoms with Crippen molar-refractivity contribution in [2.45, 2.75) is 19.1 Å². The first kappa shape index (κ1) is 19.8. The van der Waals surface area contributed by atoms with Crippen molar-refractivity contribution >= 4 is 5.91 Å². The number of carbonyl (C=O) groups is 1. The van der Waals surface area contributed by atoms with Gasteiger partial charge in [0.2, 0.25) is 11.8 Å². The summed E-state index contributed by atoms with van der Waals surface area (Å²) in [6.07, 6.45) is -2.80. The molecule has 0 saturated heterocycles. The van der Waals surface area contributed by atoms with Crippen LogP contribution in [0.4, 0.5) is 17.6 Å². The van der Waals surface area contributed by atoms with Gasteiger partial charge in [-0.1, -0.05) is 12.1 Å². The Labute approximate surface area is 158 Å². The molecule has 0 unspecified atom stereocenters. The predicted molar refractivity (Wildman–Crippen MR) is 93.2 cm³/mol. The van der Waals surface area contributed by atoms with Gasteiger partial charge < -0.3 is 15.4 Å². The zero-order valence-electron chi connectivity index (χ0n) is 14.6. The van der Waals surface area contributed by atoms with Crippen LogP contribution in [0.1, 0.15) is 17.5 Å². The highest BCUT2D eigenvalue weighted by molar-refractivity contribution is 5.94. The number of pyridine rings is 1. The van der Waals surface area contributed by atoms with Crippen molar-refractivity contribution in [3.63, 3.8) is 0 Å². The summed E-state index contributed by atoms with van der Waals surface area (Å²) < 4.78 is 57.8. The molecule has 0 atom stereocenters. The summed E-state index contributed by atoms with van der Waals surface area (Å²) in [7, 11) is 0. The van der Waals surface area contributed by atoms with Crippen molar-refractivity contribution in [1.29, 1.82) is 0 Å². The molecule has 9 heteroatoms. The van der Waals surface area contributed by atoms with Gasteiger partial charge in [0.15, 0.2) is 0 Å². The van der Waals surface area contributed by atoms with Crippen molar-refractivity contribution in [3.8, 4) is 11.6 Å². The molecule has 28 heavy (non-hydrogen) atoms. The number of nitrogens with one attached hydrogen (secondary N) is 2. The zero-order valence-corrected chi connectivity index (χ0v) is 14.6. The maximum absolute atomic E-state index is 13.8. The van der Waals surface area contributed by atoms with E-state index < -0.39 is 23.5 Å². The van der Waals surface area contributed by atoms with E-state index >= 15 is 0 Å². The van der Waals surface area contributed by atoms with Crippen molar-refractivity contribution in [2.75, 3.05) is 13.1 Å². The quantitative estimate of drug-likeness (QED) is 0.758. The molecule has 0 fully saturated rings. The topological polar surface area (TPSA) is 63.2 Å². The molecule has 0 spiro atoms. The van der Waals surface area contributed by atoms with Crippen LogP contribution in [-0.2, 0) is 17.5 Å². The van der Waals surface area contributed by atoms with Crippen LogP contribution in [0, 0.1) is 0 Å². The average molecular weight is 395 g/mol. The summed E-state index contributed by atoms with van der Waals surface area (Å²) in [6.45, 7) is 0.512. The lowest BCUT2D eigenvalue weighted by atomic mass is 10.1. The number of hydrogen-bond donors (Lipinski definition) is 2. The van der Waals surface area contributed by atoms with Gasteiger partial charge in [-0.05, 0) is 37.2 Å². The van der Waals surface area contributed by atoms with Crippen LogP contribution in [0.25, 0.3) is 0 Å². The third-order valence-electron chi connectivity index (χ3n) is 4.10. The number of hydrogen-bond acceptors (Lipinski definition) is 4. The van der Waals surface area contributed by atoms with E-state index in [2.05, 4.69) is 15.6 Å². The van der Waals surface area contributed by atoms with Gasteiger partial charge in [-0.3, -0.25) is 4.79 Å². The Balaban J connectivity index is 1.72. The van der Waals surface area contributed by atoms with Crippen molar-refractivity contribution in [2.24, 2.45) is 0 Å². The molecular weight excluding hydrogens is 378 g/mol. The number of aromatic nitrogens is 1. The van der Waals surface area contributed by atoms with Gasteiger partial charge in [0.25, 0.3) is 0 Å². The fourth-order valence-electron chi connectivity index (χ4n) is 2.67. The van der Waals surface area contributed by atoms with Crippen molar-refractivity contribution < 1.29 is 27.1 Å². The maximum atomic E-state index is 13.8. The van der Waals surface area contributed by atoms with E-state index in [0.717, 1.165) is 12.1 Å². The minimum absolute atomic E-state index is 0.00875. The maximum Gasteiger partial charge on any atom is 0.416 e. The zero-order chi connectivity index (χ0) is 20.1. The molecule has 0 bridgehead atoms. The number of rotatable bonds is 5. The number of halogens is 4. The molecule has 5 nitrogen and oxygen atoms in total. The molecule has 148 valence electrons. The number of carbonyl (C=O) groups excluding carboxylic acids is 1.